The van der Waals surface area contributed by atoms with Crippen molar-refractivity contribution in [2.75, 3.05) is 0 Å². The van der Waals surface area contributed by atoms with E-state index in [9.17, 15) is 9.59 Å². The highest BCUT2D eigenvalue weighted by molar-refractivity contribution is 5.91. The highest BCUT2D eigenvalue weighted by Gasteiger charge is 2.44. The molecule has 1 aromatic heterocycles. The van der Waals surface area contributed by atoms with Gasteiger partial charge in [-0.2, -0.15) is 0 Å². The second-order valence-electron chi connectivity index (χ2n) is 7.44. The van der Waals surface area contributed by atoms with Crippen molar-refractivity contribution in [3.8, 4) is 0 Å². The topological polar surface area (TPSA) is 75.0 Å². The Bertz CT molecular complexity index is 946. The fourth-order valence-corrected chi connectivity index (χ4v) is 3.92. The molecule has 0 aromatic carbocycles. The molecule has 1 unspecified atom stereocenters. The molecule has 3 heterocycles. The van der Waals surface area contributed by atoms with Crippen LogP contribution in [-0.2, 0) is 23.8 Å². The molecule has 0 radical (unpaired) electrons. The number of fused-ring (bicyclic) bond motifs is 2. The van der Waals surface area contributed by atoms with E-state index in [0.717, 1.165) is 5.57 Å². The first-order valence-corrected chi connectivity index (χ1v) is 9.46. The van der Waals surface area contributed by atoms with Gasteiger partial charge in [0.05, 0.1) is 12.2 Å². The van der Waals surface area contributed by atoms with E-state index in [-0.39, 0.29) is 18.0 Å². The largest absolute Gasteiger partial charge is 0.490 e. The van der Waals surface area contributed by atoms with Gasteiger partial charge in [0.2, 0.25) is 0 Å². The van der Waals surface area contributed by atoms with Gasteiger partial charge in [0.25, 0.3) is 0 Å². The normalized spacial score (nSPS) is 30.9. The summed E-state index contributed by atoms with van der Waals surface area (Å²) in [6, 6.07) is 3.48. The molecule has 1 aromatic rings. The molecule has 2 bridgehead atoms. The molecule has 4 rings (SSSR count). The number of carbonyl (C=O) groups excluding carboxylic acids is 2. The Morgan fingerprint density at radius 3 is 2.83 bits per heavy atom. The lowest BCUT2D eigenvalue weighted by Crippen LogP contribution is -2.32. The molecule has 6 nitrogen and oxygen atoms in total. The monoisotopic (exact) mass is 394 g/mol. The van der Waals surface area contributed by atoms with E-state index in [0.29, 0.717) is 35.5 Å². The van der Waals surface area contributed by atoms with Crippen LogP contribution in [0.1, 0.15) is 25.5 Å². The summed E-state index contributed by atoms with van der Waals surface area (Å²) in [5.41, 5.74) is 2.18. The van der Waals surface area contributed by atoms with Crippen molar-refractivity contribution in [3.05, 3.63) is 78.0 Å². The third kappa shape index (κ3) is 3.97. The van der Waals surface area contributed by atoms with Crippen LogP contribution in [-0.4, -0.2) is 30.3 Å². The number of carbonyl (C=O) groups is 2. The van der Waals surface area contributed by atoms with E-state index in [1.165, 1.54) is 12.3 Å². The molecule has 6 heteroatoms. The molecular formula is C23H22O6. The second kappa shape index (κ2) is 7.62. The van der Waals surface area contributed by atoms with Crippen LogP contribution < -0.4 is 0 Å². The molecule has 0 N–H and O–H groups in total. The second-order valence-corrected chi connectivity index (χ2v) is 7.44. The number of furan rings is 1. The van der Waals surface area contributed by atoms with Gasteiger partial charge < -0.3 is 18.6 Å². The van der Waals surface area contributed by atoms with E-state index >= 15 is 0 Å². The maximum Gasteiger partial charge on any atom is 0.334 e. The molecule has 2 aliphatic heterocycles. The van der Waals surface area contributed by atoms with Crippen LogP contribution in [0.2, 0.25) is 0 Å². The fourth-order valence-electron chi connectivity index (χ4n) is 3.92. The number of hydrogen-bond acceptors (Lipinski definition) is 6. The van der Waals surface area contributed by atoms with Crippen molar-refractivity contribution in [2.24, 2.45) is 5.92 Å². The zero-order valence-corrected chi connectivity index (χ0v) is 16.1. The Morgan fingerprint density at radius 1 is 1.24 bits per heavy atom. The first kappa shape index (κ1) is 19.1. The van der Waals surface area contributed by atoms with Gasteiger partial charge in [-0.1, -0.05) is 18.7 Å². The standard InChI is InChI=1S/C23H22O6/c1-13-9-18-11-16(23(25)28-18)12-20-22(14(2)15(3)27-20)19(10-13)29-21(24)7-6-17-5-4-8-26-17/h4-8,10-11,18-20,22H,2-3,9,12H2,1H3/b7-6+,13-10+/t18-,19-,20?,22+/m1/s1. The van der Waals surface area contributed by atoms with Crippen LogP contribution in [0.4, 0.5) is 0 Å². The lowest BCUT2D eigenvalue weighted by Gasteiger charge is -2.26. The summed E-state index contributed by atoms with van der Waals surface area (Å²) in [6.07, 6.45) is 7.69. The van der Waals surface area contributed by atoms with Crippen LogP contribution >= 0.6 is 0 Å². The zero-order valence-electron chi connectivity index (χ0n) is 16.1. The van der Waals surface area contributed by atoms with Gasteiger partial charge in [-0.15, -0.1) is 0 Å². The Balaban J connectivity index is 1.61. The molecule has 4 atom stereocenters. The third-order valence-electron chi connectivity index (χ3n) is 5.29. The minimum absolute atomic E-state index is 0.312. The summed E-state index contributed by atoms with van der Waals surface area (Å²) in [5, 5.41) is 0. The van der Waals surface area contributed by atoms with E-state index in [1.54, 1.807) is 18.2 Å². The number of hydrogen-bond donors (Lipinski definition) is 0. The predicted octanol–water partition coefficient (Wildman–Crippen LogP) is 3.88. The first-order valence-electron chi connectivity index (χ1n) is 9.46. The summed E-state index contributed by atoms with van der Waals surface area (Å²) in [6.45, 7) is 9.91. The molecule has 0 spiro atoms. The van der Waals surface area contributed by atoms with Crippen LogP contribution in [0.5, 0.6) is 0 Å². The van der Waals surface area contributed by atoms with Crippen LogP contribution in [0.15, 0.2) is 76.7 Å². The minimum atomic E-state index is -0.603. The fraction of sp³-hybridized carbons (Fsp3) is 0.304. The minimum Gasteiger partial charge on any atom is -0.490 e. The highest BCUT2D eigenvalue weighted by Crippen LogP contribution is 2.41. The molecule has 3 aliphatic rings. The summed E-state index contributed by atoms with van der Waals surface area (Å²) >= 11 is 0. The number of allylic oxidation sites excluding steroid dienone is 1. The third-order valence-corrected chi connectivity index (χ3v) is 5.29. The van der Waals surface area contributed by atoms with Crippen molar-refractivity contribution < 1.29 is 28.2 Å². The molecule has 1 saturated heterocycles. The lowest BCUT2D eigenvalue weighted by atomic mass is 9.85. The van der Waals surface area contributed by atoms with Gasteiger partial charge in [0, 0.05) is 24.5 Å². The molecule has 29 heavy (non-hydrogen) atoms. The van der Waals surface area contributed by atoms with Gasteiger partial charge in [0.1, 0.15) is 29.8 Å². The number of esters is 2. The van der Waals surface area contributed by atoms with Crippen molar-refractivity contribution in [1.29, 1.82) is 0 Å². The molecule has 1 fully saturated rings. The Morgan fingerprint density at radius 2 is 2.07 bits per heavy atom. The van der Waals surface area contributed by atoms with Gasteiger partial charge in [-0.05, 0) is 42.9 Å². The summed E-state index contributed by atoms with van der Waals surface area (Å²) in [5.74, 6) is -0.180. The maximum absolute atomic E-state index is 12.5. The average molecular weight is 394 g/mol. The van der Waals surface area contributed by atoms with Crippen LogP contribution in [0.25, 0.3) is 6.08 Å². The maximum atomic E-state index is 12.5. The van der Waals surface area contributed by atoms with Crippen LogP contribution in [0.3, 0.4) is 0 Å². The van der Waals surface area contributed by atoms with Crippen molar-refractivity contribution in [2.45, 2.75) is 38.1 Å². The summed E-state index contributed by atoms with van der Waals surface area (Å²) < 4.78 is 22.3. The Kier molecular flexibility index (Phi) is 5.01. The van der Waals surface area contributed by atoms with Gasteiger partial charge in [-0.3, -0.25) is 0 Å². The highest BCUT2D eigenvalue weighted by atomic mass is 16.6. The zero-order chi connectivity index (χ0) is 20.5. The Hall–Kier alpha value is -3.28. The number of rotatable bonds is 3. The molecule has 1 aliphatic carbocycles. The average Bonchev–Trinajstić information content (AvgIpc) is 3.35. The predicted molar refractivity (Wildman–Crippen MR) is 105 cm³/mol. The molecular weight excluding hydrogens is 372 g/mol. The summed E-state index contributed by atoms with van der Waals surface area (Å²) in [4.78, 5) is 24.7. The Labute approximate surface area is 168 Å². The van der Waals surface area contributed by atoms with Crippen molar-refractivity contribution in [1.82, 2.24) is 0 Å². The quantitative estimate of drug-likeness (QED) is 0.440. The van der Waals surface area contributed by atoms with Crippen molar-refractivity contribution in [3.63, 3.8) is 0 Å². The molecule has 0 amide bonds. The van der Waals surface area contributed by atoms with Gasteiger partial charge in [-0.25, -0.2) is 9.59 Å². The smallest absolute Gasteiger partial charge is 0.334 e. The van der Waals surface area contributed by atoms with E-state index < -0.39 is 18.2 Å². The van der Waals surface area contributed by atoms with E-state index in [1.807, 2.05) is 19.1 Å². The summed E-state index contributed by atoms with van der Waals surface area (Å²) in [7, 11) is 0. The van der Waals surface area contributed by atoms with Crippen molar-refractivity contribution >= 4 is 18.0 Å². The molecule has 150 valence electrons. The van der Waals surface area contributed by atoms with Gasteiger partial charge >= 0.3 is 11.9 Å². The SMILES string of the molecule is C=C1OC2CC3=C[C@@H](C/C(C)=C/[C@@H](OC(=O)/C=C/c4ccco4)[C@@H]2C1=C)OC3=O. The molecule has 0 saturated carbocycles. The van der Waals surface area contributed by atoms with Crippen LogP contribution in [0, 0.1) is 5.92 Å². The first-order chi connectivity index (χ1) is 13.9. The number of ether oxygens (including phenoxy) is 3. The lowest BCUT2D eigenvalue weighted by molar-refractivity contribution is -0.143. The van der Waals surface area contributed by atoms with Gasteiger partial charge in [0.15, 0.2) is 0 Å². The van der Waals surface area contributed by atoms with E-state index in [4.69, 9.17) is 18.6 Å². The van der Waals surface area contributed by atoms with E-state index in [2.05, 4.69) is 13.2 Å².